The summed E-state index contributed by atoms with van der Waals surface area (Å²) < 4.78 is 7.03. The van der Waals surface area contributed by atoms with E-state index in [1.54, 1.807) is 11.8 Å². The van der Waals surface area contributed by atoms with Crippen LogP contribution in [-0.2, 0) is 7.05 Å². The number of anilines is 2. The van der Waals surface area contributed by atoms with Gasteiger partial charge in [0.2, 0.25) is 5.95 Å². The van der Waals surface area contributed by atoms with Crippen molar-refractivity contribution < 1.29 is 4.74 Å². The van der Waals surface area contributed by atoms with E-state index in [0.717, 1.165) is 60.2 Å². The van der Waals surface area contributed by atoms with Gasteiger partial charge in [0, 0.05) is 25.7 Å². The molecule has 1 aromatic carbocycles. The molecule has 0 atom stereocenters. The summed E-state index contributed by atoms with van der Waals surface area (Å²) in [5.74, 6) is 2.82. The van der Waals surface area contributed by atoms with Crippen molar-refractivity contribution >= 4 is 22.8 Å². The van der Waals surface area contributed by atoms with Gasteiger partial charge in [0.25, 0.3) is 0 Å². The van der Waals surface area contributed by atoms with E-state index in [0.29, 0.717) is 11.5 Å². The van der Waals surface area contributed by atoms with Crippen molar-refractivity contribution in [1.29, 1.82) is 0 Å². The Kier molecular flexibility index (Phi) is 4.14. The molecule has 2 N–H and O–H groups in total. The monoisotopic (exact) mass is 352 g/mol. The zero-order valence-electron chi connectivity index (χ0n) is 15.4. The predicted octanol–water partition coefficient (Wildman–Crippen LogP) is 2.86. The fraction of sp³-hybridized carbons (Fsp3) is 0.421. The van der Waals surface area contributed by atoms with Gasteiger partial charge < -0.3 is 15.4 Å². The molecule has 7 heteroatoms. The summed E-state index contributed by atoms with van der Waals surface area (Å²) in [5, 5.41) is 5.28. The van der Waals surface area contributed by atoms with Crippen LogP contribution in [0.4, 0.5) is 11.8 Å². The fourth-order valence-electron chi connectivity index (χ4n) is 3.43. The Balaban J connectivity index is 1.88. The van der Waals surface area contributed by atoms with Gasteiger partial charge in [-0.15, -0.1) is 0 Å². The van der Waals surface area contributed by atoms with Gasteiger partial charge in [-0.05, 0) is 30.9 Å². The molecule has 0 unspecified atom stereocenters. The van der Waals surface area contributed by atoms with E-state index in [1.165, 1.54) is 0 Å². The van der Waals surface area contributed by atoms with Crippen molar-refractivity contribution in [3.05, 3.63) is 24.3 Å². The Morgan fingerprint density at radius 2 is 1.96 bits per heavy atom. The van der Waals surface area contributed by atoms with Crippen molar-refractivity contribution in [2.24, 2.45) is 13.0 Å². The maximum atomic E-state index is 6.27. The van der Waals surface area contributed by atoms with Crippen LogP contribution in [-0.4, -0.2) is 39.9 Å². The van der Waals surface area contributed by atoms with Crippen molar-refractivity contribution in [2.45, 2.75) is 19.8 Å². The summed E-state index contributed by atoms with van der Waals surface area (Å²) >= 11 is 0. The van der Waals surface area contributed by atoms with Crippen LogP contribution in [0.5, 0.6) is 5.75 Å². The molecule has 26 heavy (non-hydrogen) atoms. The van der Waals surface area contributed by atoms with E-state index in [-0.39, 0.29) is 0 Å². The van der Waals surface area contributed by atoms with E-state index in [9.17, 15) is 0 Å². The highest BCUT2D eigenvalue weighted by Gasteiger charge is 2.22. The van der Waals surface area contributed by atoms with E-state index >= 15 is 0 Å². The van der Waals surface area contributed by atoms with Crippen molar-refractivity contribution in [3.63, 3.8) is 0 Å². The van der Waals surface area contributed by atoms with Gasteiger partial charge in [-0.2, -0.15) is 10.1 Å². The molecule has 1 aliphatic rings. The van der Waals surface area contributed by atoms with Gasteiger partial charge in [-0.3, -0.25) is 4.68 Å². The number of hydrogen-bond donors (Lipinski definition) is 1. The molecule has 1 aliphatic heterocycles. The molecule has 2 aromatic heterocycles. The molecular weight excluding hydrogens is 328 g/mol. The molecule has 1 saturated heterocycles. The van der Waals surface area contributed by atoms with Crippen LogP contribution in [0.3, 0.4) is 0 Å². The van der Waals surface area contributed by atoms with Gasteiger partial charge in [0.05, 0.1) is 18.2 Å². The molecule has 0 aliphatic carbocycles. The number of rotatable bonds is 3. The summed E-state index contributed by atoms with van der Waals surface area (Å²) in [6.45, 7) is 4.22. The first-order valence-electron chi connectivity index (χ1n) is 8.96. The second-order valence-electron chi connectivity index (χ2n) is 6.98. The normalized spacial score (nSPS) is 15.6. The Bertz CT molecular complexity index is 943. The molecule has 0 amide bonds. The van der Waals surface area contributed by atoms with Gasteiger partial charge in [-0.1, -0.05) is 19.1 Å². The second kappa shape index (κ2) is 6.48. The first-order valence-corrected chi connectivity index (χ1v) is 8.96. The second-order valence-corrected chi connectivity index (χ2v) is 6.98. The summed E-state index contributed by atoms with van der Waals surface area (Å²) in [6.07, 6.45) is 2.31. The largest absolute Gasteiger partial charge is 0.497 e. The highest BCUT2D eigenvalue weighted by Crippen LogP contribution is 2.33. The van der Waals surface area contributed by atoms with E-state index in [1.807, 2.05) is 31.3 Å². The Hall–Kier alpha value is -2.83. The van der Waals surface area contributed by atoms with Crippen molar-refractivity contribution in [2.75, 3.05) is 30.8 Å². The summed E-state index contributed by atoms with van der Waals surface area (Å²) in [5.41, 5.74) is 8.65. The molecule has 0 saturated carbocycles. The van der Waals surface area contributed by atoms with Crippen LogP contribution >= 0.6 is 0 Å². The summed E-state index contributed by atoms with van der Waals surface area (Å²) in [6, 6.07) is 7.85. The number of nitrogens with two attached hydrogens (primary N) is 1. The van der Waals surface area contributed by atoms with Crippen LogP contribution in [0, 0.1) is 5.92 Å². The zero-order valence-corrected chi connectivity index (χ0v) is 15.4. The highest BCUT2D eigenvalue weighted by molar-refractivity contribution is 5.99. The third-order valence-electron chi connectivity index (χ3n) is 5.14. The maximum absolute atomic E-state index is 6.27. The zero-order chi connectivity index (χ0) is 18.3. The lowest BCUT2D eigenvalue weighted by Crippen LogP contribution is -2.34. The minimum Gasteiger partial charge on any atom is -0.497 e. The molecule has 3 aromatic rings. The number of nitrogens with zero attached hydrogens (tertiary/aromatic N) is 5. The van der Waals surface area contributed by atoms with Gasteiger partial charge in [0.1, 0.15) is 11.6 Å². The average molecular weight is 352 g/mol. The smallest absolute Gasteiger partial charge is 0.228 e. The van der Waals surface area contributed by atoms with E-state index in [4.69, 9.17) is 20.4 Å². The third kappa shape index (κ3) is 2.83. The Labute approximate surface area is 152 Å². The molecule has 0 spiro atoms. The van der Waals surface area contributed by atoms with Crippen LogP contribution in [0.2, 0.25) is 0 Å². The van der Waals surface area contributed by atoms with Crippen molar-refractivity contribution in [1.82, 2.24) is 19.7 Å². The lowest BCUT2D eigenvalue weighted by Gasteiger charge is -2.30. The average Bonchev–Trinajstić information content (AvgIpc) is 2.95. The molecule has 4 rings (SSSR count). The van der Waals surface area contributed by atoms with Crippen LogP contribution in [0.15, 0.2) is 24.3 Å². The molecule has 1 fully saturated rings. The number of piperidine rings is 1. The minimum atomic E-state index is 0.566. The number of aryl methyl sites for hydroxylation is 1. The molecule has 0 bridgehead atoms. The van der Waals surface area contributed by atoms with Crippen molar-refractivity contribution in [3.8, 4) is 17.0 Å². The molecule has 136 valence electrons. The minimum absolute atomic E-state index is 0.566. The van der Waals surface area contributed by atoms with Crippen LogP contribution in [0.25, 0.3) is 22.3 Å². The number of nitrogen functional groups attached to an aromatic ring is 1. The molecule has 3 heterocycles. The number of fused-ring (bicyclic) bond motifs is 1. The Morgan fingerprint density at radius 3 is 2.69 bits per heavy atom. The summed E-state index contributed by atoms with van der Waals surface area (Å²) in [4.78, 5) is 11.8. The number of hydrogen-bond acceptors (Lipinski definition) is 6. The lowest BCUT2D eigenvalue weighted by molar-refractivity contribution is 0.415. The third-order valence-corrected chi connectivity index (χ3v) is 5.14. The standard InChI is InChI=1S/C19H24N6O/c1-12-7-9-25(10-8-12)19-21-16(13-5-4-6-14(11-13)26-3)15-17(20)24(2)23-18(15)22-19/h4-6,11-12H,7-10,20H2,1-3H3. The number of ether oxygens (including phenoxy) is 1. The molecule has 7 nitrogen and oxygen atoms in total. The first-order chi connectivity index (χ1) is 12.6. The number of benzene rings is 1. The topological polar surface area (TPSA) is 82.1 Å². The number of aromatic nitrogens is 4. The van der Waals surface area contributed by atoms with Gasteiger partial charge in [-0.25, -0.2) is 4.98 Å². The SMILES string of the molecule is COc1cccc(-c2nc(N3CCC(C)CC3)nc3nn(C)c(N)c23)c1. The number of methoxy groups -OCH3 is 1. The first kappa shape index (κ1) is 16.6. The fourth-order valence-corrected chi connectivity index (χ4v) is 3.43. The van der Waals surface area contributed by atoms with Crippen LogP contribution in [0.1, 0.15) is 19.8 Å². The van der Waals surface area contributed by atoms with Gasteiger partial charge in [0.15, 0.2) is 5.65 Å². The summed E-state index contributed by atoms with van der Waals surface area (Å²) in [7, 11) is 3.49. The van der Waals surface area contributed by atoms with Crippen LogP contribution < -0.4 is 15.4 Å². The van der Waals surface area contributed by atoms with Gasteiger partial charge >= 0.3 is 0 Å². The molecule has 0 radical (unpaired) electrons. The highest BCUT2D eigenvalue weighted by atomic mass is 16.5. The molecular formula is C19H24N6O. The predicted molar refractivity (Wildman–Crippen MR) is 103 cm³/mol. The maximum Gasteiger partial charge on any atom is 0.228 e. The Morgan fingerprint density at radius 1 is 1.19 bits per heavy atom. The quantitative estimate of drug-likeness (QED) is 0.780. The lowest BCUT2D eigenvalue weighted by atomic mass is 9.99. The van der Waals surface area contributed by atoms with E-state index < -0.39 is 0 Å². The van der Waals surface area contributed by atoms with E-state index in [2.05, 4.69) is 16.9 Å².